The molecule has 0 saturated carbocycles. The van der Waals surface area contributed by atoms with Crippen LogP contribution in [-0.2, 0) is 11.3 Å². The molecule has 0 radical (unpaired) electrons. The third-order valence-electron chi connectivity index (χ3n) is 3.56. The van der Waals surface area contributed by atoms with Gasteiger partial charge in [0.05, 0.1) is 26.0 Å². The van der Waals surface area contributed by atoms with E-state index in [1.54, 1.807) is 0 Å². The Labute approximate surface area is 134 Å². The van der Waals surface area contributed by atoms with E-state index in [0.29, 0.717) is 32.8 Å². The minimum atomic E-state index is -0.454. The average molecular weight is 315 g/mol. The quantitative estimate of drug-likeness (QED) is 0.814. The van der Waals surface area contributed by atoms with Gasteiger partial charge in [0, 0.05) is 13.1 Å². The number of azo groups is 1. The van der Waals surface area contributed by atoms with Crippen LogP contribution in [0.1, 0.15) is 11.1 Å². The maximum Gasteiger partial charge on any atom is 0.270 e. The molecule has 1 aliphatic heterocycles. The van der Waals surface area contributed by atoms with Crippen molar-refractivity contribution in [2.75, 3.05) is 31.2 Å². The van der Waals surface area contributed by atoms with Crippen LogP contribution in [0.15, 0.2) is 40.7 Å². The maximum atomic E-state index is 13.9. The van der Waals surface area contributed by atoms with Crippen LogP contribution < -0.4 is 4.90 Å². The van der Waals surface area contributed by atoms with Gasteiger partial charge in [-0.2, -0.15) is 10.1 Å². The van der Waals surface area contributed by atoms with Gasteiger partial charge in [-0.05, 0) is 12.5 Å². The van der Waals surface area contributed by atoms with Crippen molar-refractivity contribution in [1.82, 2.24) is 9.97 Å². The number of aromatic nitrogens is 2. The first-order valence-electron chi connectivity index (χ1n) is 7.50. The van der Waals surface area contributed by atoms with Crippen molar-refractivity contribution in [1.29, 1.82) is 0 Å². The van der Waals surface area contributed by atoms with Crippen LogP contribution in [0.3, 0.4) is 0 Å². The number of rotatable bonds is 4. The lowest BCUT2D eigenvalue weighted by Crippen LogP contribution is -2.37. The number of nitrogens with zero attached hydrogens (tertiary/aromatic N) is 5. The van der Waals surface area contributed by atoms with E-state index in [4.69, 9.17) is 4.74 Å². The molecule has 2 heterocycles. The topological polar surface area (TPSA) is 63.0 Å². The third-order valence-corrected chi connectivity index (χ3v) is 3.56. The standard InChI is InChI=1S/C16H18FN5O/c1-12-2-4-13(5-3-12)10-19-21-16-18-11-14(17)15(20-16)22-6-8-23-9-7-22/h2-5,11H,6-10H2,1H3. The van der Waals surface area contributed by atoms with Crippen molar-refractivity contribution in [2.24, 2.45) is 10.2 Å². The van der Waals surface area contributed by atoms with Crippen molar-refractivity contribution in [2.45, 2.75) is 13.5 Å². The first kappa shape index (κ1) is 15.5. The number of benzene rings is 1. The van der Waals surface area contributed by atoms with Gasteiger partial charge in [0.2, 0.25) is 0 Å². The van der Waals surface area contributed by atoms with Gasteiger partial charge in [-0.1, -0.05) is 29.8 Å². The molecule has 0 atom stereocenters. The summed E-state index contributed by atoms with van der Waals surface area (Å²) in [5.41, 5.74) is 2.25. The van der Waals surface area contributed by atoms with Gasteiger partial charge in [-0.25, -0.2) is 9.37 Å². The molecule has 1 saturated heterocycles. The van der Waals surface area contributed by atoms with E-state index >= 15 is 0 Å². The molecule has 0 unspecified atom stereocenters. The lowest BCUT2D eigenvalue weighted by Gasteiger charge is -2.27. The highest BCUT2D eigenvalue weighted by atomic mass is 19.1. The summed E-state index contributed by atoms with van der Waals surface area (Å²) in [6.45, 7) is 4.81. The fourth-order valence-electron chi connectivity index (χ4n) is 2.27. The Morgan fingerprint density at radius 2 is 1.96 bits per heavy atom. The minimum absolute atomic E-state index is 0.167. The van der Waals surface area contributed by atoms with Crippen molar-refractivity contribution in [3.8, 4) is 0 Å². The average Bonchev–Trinajstić information content (AvgIpc) is 2.59. The van der Waals surface area contributed by atoms with E-state index in [0.717, 1.165) is 11.8 Å². The molecule has 0 bridgehead atoms. The molecule has 0 N–H and O–H groups in total. The second-order valence-corrected chi connectivity index (χ2v) is 5.33. The summed E-state index contributed by atoms with van der Waals surface area (Å²) in [6.07, 6.45) is 1.14. The van der Waals surface area contributed by atoms with E-state index in [2.05, 4.69) is 20.2 Å². The lowest BCUT2D eigenvalue weighted by molar-refractivity contribution is 0.122. The Kier molecular flexibility index (Phi) is 4.87. The van der Waals surface area contributed by atoms with Gasteiger partial charge in [0.25, 0.3) is 5.95 Å². The van der Waals surface area contributed by atoms with Crippen LogP contribution in [0.2, 0.25) is 0 Å². The molecule has 0 amide bonds. The van der Waals surface area contributed by atoms with E-state index in [-0.39, 0.29) is 11.8 Å². The summed E-state index contributed by atoms with van der Waals surface area (Å²) >= 11 is 0. The zero-order chi connectivity index (χ0) is 16.1. The van der Waals surface area contributed by atoms with E-state index < -0.39 is 5.82 Å². The van der Waals surface area contributed by atoms with Gasteiger partial charge in [0.15, 0.2) is 11.6 Å². The Morgan fingerprint density at radius 1 is 1.22 bits per heavy atom. The molecule has 120 valence electrons. The smallest absolute Gasteiger partial charge is 0.270 e. The summed E-state index contributed by atoms with van der Waals surface area (Å²) in [4.78, 5) is 9.87. The van der Waals surface area contributed by atoms with E-state index in [1.165, 1.54) is 5.56 Å². The molecule has 0 spiro atoms. The van der Waals surface area contributed by atoms with Crippen LogP contribution in [0.25, 0.3) is 0 Å². The van der Waals surface area contributed by atoms with Gasteiger partial charge in [-0.15, -0.1) is 5.11 Å². The Morgan fingerprint density at radius 3 is 2.70 bits per heavy atom. The van der Waals surface area contributed by atoms with Crippen molar-refractivity contribution in [3.63, 3.8) is 0 Å². The first-order chi connectivity index (χ1) is 11.2. The summed E-state index contributed by atoms with van der Waals surface area (Å²) in [6, 6.07) is 8.05. The van der Waals surface area contributed by atoms with Gasteiger partial charge < -0.3 is 9.64 Å². The second kappa shape index (κ2) is 7.23. The first-order valence-corrected chi connectivity index (χ1v) is 7.50. The molecule has 0 aliphatic carbocycles. The van der Waals surface area contributed by atoms with Crippen molar-refractivity contribution < 1.29 is 9.13 Å². The number of anilines is 1. The predicted molar refractivity (Wildman–Crippen MR) is 84.4 cm³/mol. The Bertz CT molecular complexity index is 683. The molecule has 2 aromatic rings. The normalized spacial score (nSPS) is 15.3. The van der Waals surface area contributed by atoms with E-state index in [1.807, 2.05) is 36.1 Å². The highest BCUT2D eigenvalue weighted by molar-refractivity contribution is 5.42. The van der Waals surface area contributed by atoms with Crippen molar-refractivity contribution >= 4 is 11.8 Å². The lowest BCUT2D eigenvalue weighted by atomic mass is 10.2. The number of hydrogen-bond donors (Lipinski definition) is 0. The van der Waals surface area contributed by atoms with Gasteiger partial charge in [-0.3, -0.25) is 0 Å². The number of hydrogen-bond acceptors (Lipinski definition) is 6. The largest absolute Gasteiger partial charge is 0.378 e. The highest BCUT2D eigenvalue weighted by Crippen LogP contribution is 2.20. The molecular weight excluding hydrogens is 297 g/mol. The zero-order valence-electron chi connectivity index (χ0n) is 12.9. The van der Waals surface area contributed by atoms with Crippen LogP contribution in [0.4, 0.5) is 16.2 Å². The van der Waals surface area contributed by atoms with Crippen LogP contribution >= 0.6 is 0 Å². The number of morpholine rings is 1. The fraction of sp³-hybridized carbons (Fsp3) is 0.375. The monoisotopic (exact) mass is 315 g/mol. The van der Waals surface area contributed by atoms with Crippen molar-refractivity contribution in [3.05, 3.63) is 47.4 Å². The molecule has 1 fully saturated rings. The van der Waals surface area contributed by atoms with Crippen LogP contribution in [0, 0.1) is 12.7 Å². The highest BCUT2D eigenvalue weighted by Gasteiger charge is 2.17. The Balaban J connectivity index is 1.70. The van der Waals surface area contributed by atoms with Crippen LogP contribution in [-0.4, -0.2) is 36.3 Å². The predicted octanol–water partition coefficient (Wildman–Crippen LogP) is 3.04. The summed E-state index contributed by atoms with van der Waals surface area (Å²) in [7, 11) is 0. The van der Waals surface area contributed by atoms with E-state index in [9.17, 15) is 4.39 Å². The summed E-state index contributed by atoms with van der Waals surface area (Å²) in [5.74, 6) is -0.0306. The van der Waals surface area contributed by atoms with Crippen LogP contribution in [0.5, 0.6) is 0 Å². The molecule has 1 aromatic heterocycles. The summed E-state index contributed by atoms with van der Waals surface area (Å²) < 4.78 is 19.2. The molecule has 1 aliphatic rings. The number of halogens is 1. The molecular formula is C16H18FN5O. The zero-order valence-corrected chi connectivity index (χ0v) is 12.9. The Hall–Kier alpha value is -2.41. The fourth-order valence-corrected chi connectivity index (χ4v) is 2.27. The molecule has 3 rings (SSSR count). The van der Waals surface area contributed by atoms with Gasteiger partial charge in [0.1, 0.15) is 0 Å². The molecule has 1 aromatic carbocycles. The summed E-state index contributed by atoms with van der Waals surface area (Å²) in [5, 5.41) is 8.09. The maximum absolute atomic E-state index is 13.9. The number of ether oxygens (including phenoxy) is 1. The SMILES string of the molecule is Cc1ccc(CN=Nc2ncc(F)c(N3CCOCC3)n2)cc1. The third kappa shape index (κ3) is 4.07. The van der Waals surface area contributed by atoms with Gasteiger partial charge >= 0.3 is 0 Å². The minimum Gasteiger partial charge on any atom is -0.378 e. The molecule has 7 heteroatoms. The second-order valence-electron chi connectivity index (χ2n) is 5.33. The number of aryl methyl sites for hydroxylation is 1. The molecule has 6 nitrogen and oxygen atoms in total. The molecule has 23 heavy (non-hydrogen) atoms.